The summed E-state index contributed by atoms with van der Waals surface area (Å²) in [6.45, 7) is 2.15. The highest BCUT2D eigenvalue weighted by Crippen LogP contribution is 2.05. The minimum atomic E-state index is 0.0891. The first kappa shape index (κ1) is 14.7. The normalized spacial score (nSPS) is 12.1. The van der Waals surface area contributed by atoms with Crippen molar-refractivity contribution >= 4 is 5.91 Å². The highest BCUT2D eigenvalue weighted by atomic mass is 16.3. The fourth-order valence-electron chi connectivity index (χ4n) is 1.93. The van der Waals surface area contributed by atoms with E-state index < -0.39 is 0 Å². The molecule has 3 heteroatoms. The molecule has 2 N–H and O–H groups in total. The van der Waals surface area contributed by atoms with Crippen LogP contribution in [0.2, 0.25) is 0 Å². The predicted octanol–water partition coefficient (Wildman–Crippen LogP) is 2.29. The Labute approximate surface area is 109 Å². The van der Waals surface area contributed by atoms with Crippen LogP contribution in [-0.4, -0.2) is 23.7 Å². The van der Waals surface area contributed by atoms with Gasteiger partial charge in [-0.1, -0.05) is 37.3 Å². The molecule has 3 nitrogen and oxygen atoms in total. The Balaban J connectivity index is 2.20. The highest BCUT2D eigenvalue weighted by molar-refractivity contribution is 5.76. The van der Waals surface area contributed by atoms with E-state index in [1.54, 1.807) is 0 Å². The van der Waals surface area contributed by atoms with Crippen LogP contribution in [0.4, 0.5) is 0 Å². The summed E-state index contributed by atoms with van der Waals surface area (Å²) in [4.78, 5) is 11.7. The molecule has 0 aliphatic carbocycles. The smallest absolute Gasteiger partial charge is 0.220 e. The molecule has 0 bridgehead atoms. The summed E-state index contributed by atoms with van der Waals surface area (Å²) in [5, 5.41) is 11.8. The van der Waals surface area contributed by atoms with Crippen LogP contribution >= 0.6 is 0 Å². The number of rotatable bonds is 8. The maximum atomic E-state index is 11.7. The molecule has 1 rings (SSSR count). The summed E-state index contributed by atoms with van der Waals surface area (Å²) in [5.41, 5.74) is 1.27. The lowest BCUT2D eigenvalue weighted by atomic mass is 10.1. The molecule has 1 amide bonds. The van der Waals surface area contributed by atoms with Gasteiger partial charge in [0.1, 0.15) is 0 Å². The van der Waals surface area contributed by atoms with E-state index in [1.807, 2.05) is 25.1 Å². The number of aliphatic hydroxyl groups excluding tert-OH is 1. The zero-order valence-corrected chi connectivity index (χ0v) is 11.1. The summed E-state index contributed by atoms with van der Waals surface area (Å²) in [6.07, 6.45) is 3.86. The number of benzene rings is 1. The maximum Gasteiger partial charge on any atom is 0.220 e. The van der Waals surface area contributed by atoms with Gasteiger partial charge in [0.2, 0.25) is 5.91 Å². The second kappa shape index (κ2) is 8.70. The molecule has 0 aliphatic heterocycles. The molecule has 1 atom stereocenters. The van der Waals surface area contributed by atoms with Crippen molar-refractivity contribution in [3.63, 3.8) is 0 Å². The van der Waals surface area contributed by atoms with Gasteiger partial charge in [-0.15, -0.1) is 0 Å². The van der Waals surface area contributed by atoms with Crippen molar-refractivity contribution in [3.8, 4) is 0 Å². The number of carbonyl (C=O) groups excluding carboxylic acids is 1. The number of aryl methyl sites for hydroxylation is 1. The Morgan fingerprint density at radius 1 is 1.33 bits per heavy atom. The number of carbonyl (C=O) groups is 1. The van der Waals surface area contributed by atoms with Crippen LogP contribution in [0, 0.1) is 0 Å². The minimum Gasteiger partial charge on any atom is -0.396 e. The first-order valence-corrected chi connectivity index (χ1v) is 6.70. The van der Waals surface area contributed by atoms with Gasteiger partial charge in [0.25, 0.3) is 0 Å². The molecule has 0 radical (unpaired) electrons. The van der Waals surface area contributed by atoms with Crippen LogP contribution in [0.5, 0.6) is 0 Å². The molecule has 0 spiro atoms. The lowest BCUT2D eigenvalue weighted by molar-refractivity contribution is -0.122. The van der Waals surface area contributed by atoms with E-state index in [0.717, 1.165) is 19.3 Å². The zero-order valence-electron chi connectivity index (χ0n) is 11.1. The zero-order chi connectivity index (χ0) is 13.2. The molecular weight excluding hydrogens is 226 g/mol. The monoisotopic (exact) mass is 249 g/mol. The second-order valence-electron chi connectivity index (χ2n) is 4.52. The summed E-state index contributed by atoms with van der Waals surface area (Å²) >= 11 is 0. The highest BCUT2D eigenvalue weighted by Gasteiger charge is 2.09. The third-order valence-corrected chi connectivity index (χ3v) is 3.05. The van der Waals surface area contributed by atoms with Gasteiger partial charge in [0.05, 0.1) is 0 Å². The van der Waals surface area contributed by atoms with Crippen LogP contribution in [0.25, 0.3) is 0 Å². The van der Waals surface area contributed by atoms with Crippen LogP contribution in [0.15, 0.2) is 30.3 Å². The summed E-state index contributed by atoms with van der Waals surface area (Å²) in [6, 6.07) is 10.3. The van der Waals surface area contributed by atoms with Crippen molar-refractivity contribution in [2.24, 2.45) is 0 Å². The van der Waals surface area contributed by atoms with E-state index in [2.05, 4.69) is 17.4 Å². The Morgan fingerprint density at radius 3 is 2.67 bits per heavy atom. The average Bonchev–Trinajstić information content (AvgIpc) is 2.39. The van der Waals surface area contributed by atoms with Crippen LogP contribution in [-0.2, 0) is 11.2 Å². The Morgan fingerprint density at radius 2 is 2.06 bits per heavy atom. The maximum absolute atomic E-state index is 11.7. The summed E-state index contributed by atoms with van der Waals surface area (Å²) < 4.78 is 0. The molecule has 18 heavy (non-hydrogen) atoms. The van der Waals surface area contributed by atoms with E-state index in [4.69, 9.17) is 5.11 Å². The topological polar surface area (TPSA) is 49.3 Å². The van der Waals surface area contributed by atoms with Gasteiger partial charge in [-0.3, -0.25) is 4.79 Å². The van der Waals surface area contributed by atoms with Crippen LogP contribution in [0.3, 0.4) is 0 Å². The Hall–Kier alpha value is -1.35. The lowest BCUT2D eigenvalue weighted by Gasteiger charge is -2.15. The van der Waals surface area contributed by atoms with Gasteiger partial charge in [-0.05, 0) is 31.2 Å². The molecule has 0 saturated carbocycles. The largest absolute Gasteiger partial charge is 0.396 e. The van der Waals surface area contributed by atoms with Gasteiger partial charge in [0.15, 0.2) is 0 Å². The fraction of sp³-hybridized carbons (Fsp3) is 0.533. The van der Waals surface area contributed by atoms with Crippen LogP contribution < -0.4 is 5.32 Å². The van der Waals surface area contributed by atoms with E-state index in [-0.39, 0.29) is 18.6 Å². The van der Waals surface area contributed by atoms with Crippen molar-refractivity contribution in [1.29, 1.82) is 0 Å². The third-order valence-electron chi connectivity index (χ3n) is 3.05. The van der Waals surface area contributed by atoms with Crippen molar-refractivity contribution < 1.29 is 9.90 Å². The number of hydrogen-bond donors (Lipinski definition) is 2. The van der Waals surface area contributed by atoms with Crippen molar-refractivity contribution in [2.45, 2.75) is 45.1 Å². The Bertz CT molecular complexity index is 338. The van der Waals surface area contributed by atoms with Crippen molar-refractivity contribution in [1.82, 2.24) is 5.32 Å². The third kappa shape index (κ3) is 5.82. The first-order valence-electron chi connectivity index (χ1n) is 6.70. The lowest BCUT2D eigenvalue weighted by Crippen LogP contribution is -2.34. The molecular formula is C15H23NO2. The average molecular weight is 249 g/mol. The Kier molecular flexibility index (Phi) is 7.11. The number of amides is 1. The molecule has 0 fully saturated rings. The van der Waals surface area contributed by atoms with E-state index >= 15 is 0 Å². The van der Waals surface area contributed by atoms with Gasteiger partial charge in [-0.2, -0.15) is 0 Å². The van der Waals surface area contributed by atoms with Gasteiger partial charge < -0.3 is 10.4 Å². The van der Waals surface area contributed by atoms with E-state index in [1.165, 1.54) is 5.56 Å². The predicted molar refractivity (Wildman–Crippen MR) is 73.3 cm³/mol. The molecule has 0 saturated heterocycles. The molecule has 1 aromatic carbocycles. The molecule has 0 aromatic heterocycles. The standard InChI is InChI=1S/C15H23NO2/c1-2-14(11-12-17)16-15(18)10-6-9-13-7-4-3-5-8-13/h3-5,7-8,14,17H,2,6,9-12H2,1H3,(H,16,18). The van der Waals surface area contributed by atoms with Gasteiger partial charge >= 0.3 is 0 Å². The number of nitrogens with one attached hydrogen (secondary N) is 1. The van der Waals surface area contributed by atoms with Crippen molar-refractivity contribution in [2.75, 3.05) is 6.61 Å². The molecule has 0 aliphatic rings. The van der Waals surface area contributed by atoms with Gasteiger partial charge in [-0.25, -0.2) is 0 Å². The first-order chi connectivity index (χ1) is 8.76. The van der Waals surface area contributed by atoms with E-state index in [0.29, 0.717) is 12.8 Å². The quantitative estimate of drug-likeness (QED) is 0.742. The molecule has 1 aromatic rings. The van der Waals surface area contributed by atoms with Gasteiger partial charge in [0, 0.05) is 19.1 Å². The molecule has 100 valence electrons. The molecule has 0 heterocycles. The molecule has 1 unspecified atom stereocenters. The number of hydrogen-bond acceptors (Lipinski definition) is 2. The van der Waals surface area contributed by atoms with E-state index in [9.17, 15) is 4.79 Å². The minimum absolute atomic E-state index is 0.0891. The van der Waals surface area contributed by atoms with Crippen LogP contribution in [0.1, 0.15) is 38.2 Å². The number of aliphatic hydroxyl groups is 1. The second-order valence-corrected chi connectivity index (χ2v) is 4.52. The summed E-state index contributed by atoms with van der Waals surface area (Å²) in [5.74, 6) is 0.0891. The fourth-order valence-corrected chi connectivity index (χ4v) is 1.93. The summed E-state index contributed by atoms with van der Waals surface area (Å²) in [7, 11) is 0. The SMILES string of the molecule is CCC(CCO)NC(=O)CCCc1ccccc1. The van der Waals surface area contributed by atoms with Crippen molar-refractivity contribution in [3.05, 3.63) is 35.9 Å².